The third-order valence-corrected chi connectivity index (χ3v) is 4.07. The second kappa shape index (κ2) is 5.68. The number of ether oxygens (including phenoxy) is 1. The molecule has 21 heavy (non-hydrogen) atoms. The molecule has 0 saturated heterocycles. The minimum atomic E-state index is -0.576. The quantitative estimate of drug-likeness (QED) is 0.485. The fourth-order valence-electron chi connectivity index (χ4n) is 2.90. The highest BCUT2D eigenvalue weighted by atomic mass is 16.6. The zero-order chi connectivity index (χ0) is 14.8. The molecule has 3 rings (SSSR count). The molecule has 0 aromatic heterocycles. The number of nitrogens with zero attached hydrogens (tertiary/aromatic N) is 2. The largest absolute Gasteiger partial charge is 0.484 e. The van der Waals surface area contributed by atoms with Gasteiger partial charge in [0.2, 0.25) is 6.04 Å². The van der Waals surface area contributed by atoms with E-state index in [4.69, 9.17) is 4.74 Å². The number of para-hydroxylation sites is 1. The van der Waals surface area contributed by atoms with Crippen LogP contribution >= 0.6 is 0 Å². The van der Waals surface area contributed by atoms with Gasteiger partial charge in [-0.3, -0.25) is 15.1 Å². The second-order valence-electron chi connectivity index (χ2n) is 5.56. The summed E-state index contributed by atoms with van der Waals surface area (Å²) in [4.78, 5) is 15.1. The Bertz CT molecular complexity index is 622. The van der Waals surface area contributed by atoms with E-state index in [1.807, 2.05) is 25.3 Å². The first-order valence-electron chi connectivity index (χ1n) is 7.28. The predicted molar refractivity (Wildman–Crippen MR) is 81.1 cm³/mol. The van der Waals surface area contributed by atoms with Gasteiger partial charge in [0.25, 0.3) is 0 Å². The van der Waals surface area contributed by atoms with Crippen LogP contribution in [-0.2, 0) is 6.42 Å². The van der Waals surface area contributed by atoms with E-state index in [2.05, 4.69) is 11.1 Å². The number of aryl methyl sites for hydroxylation is 1. The van der Waals surface area contributed by atoms with Crippen LogP contribution in [0.3, 0.4) is 0 Å². The molecule has 1 aromatic rings. The van der Waals surface area contributed by atoms with Crippen molar-refractivity contribution in [1.82, 2.24) is 0 Å². The smallest absolute Gasteiger partial charge is 0.231 e. The normalized spacial score (nSPS) is 24.1. The molecule has 0 radical (unpaired) electrons. The maximum Gasteiger partial charge on any atom is 0.231 e. The summed E-state index contributed by atoms with van der Waals surface area (Å²) in [5, 5.41) is 10.9. The van der Waals surface area contributed by atoms with Gasteiger partial charge in [0.05, 0.1) is 0 Å². The summed E-state index contributed by atoms with van der Waals surface area (Å²) in [5.41, 5.74) is 3.05. The van der Waals surface area contributed by atoms with Gasteiger partial charge < -0.3 is 4.74 Å². The number of aliphatic imine (C=N–C) groups is 1. The molecule has 0 spiro atoms. The van der Waals surface area contributed by atoms with Crippen molar-refractivity contribution in [2.75, 3.05) is 0 Å². The van der Waals surface area contributed by atoms with Crippen molar-refractivity contribution in [2.45, 2.75) is 44.8 Å². The fourth-order valence-corrected chi connectivity index (χ4v) is 2.90. The average molecular weight is 286 g/mol. The zero-order valence-electron chi connectivity index (χ0n) is 12.0. The number of fused-ring (bicyclic) bond motifs is 1. The lowest BCUT2D eigenvalue weighted by molar-refractivity contribution is -0.511. The van der Waals surface area contributed by atoms with Gasteiger partial charge in [0.1, 0.15) is 17.5 Å². The summed E-state index contributed by atoms with van der Waals surface area (Å²) >= 11 is 0. The van der Waals surface area contributed by atoms with Crippen LogP contribution in [-0.4, -0.2) is 23.3 Å². The number of hydrogen-bond donors (Lipinski definition) is 0. The fraction of sp³-hybridized carbons (Fsp3) is 0.438. The molecule has 1 aliphatic carbocycles. The molecule has 0 amide bonds. The summed E-state index contributed by atoms with van der Waals surface area (Å²) in [6.45, 7) is 1.90. The minimum absolute atomic E-state index is 0.0928. The van der Waals surface area contributed by atoms with Crippen molar-refractivity contribution >= 4 is 11.9 Å². The van der Waals surface area contributed by atoms with Crippen LogP contribution in [0.4, 0.5) is 5.69 Å². The zero-order valence-corrected chi connectivity index (χ0v) is 12.0. The van der Waals surface area contributed by atoms with Crippen molar-refractivity contribution < 1.29 is 9.66 Å². The Hall–Kier alpha value is -2.17. The third-order valence-electron chi connectivity index (χ3n) is 4.07. The third kappa shape index (κ3) is 2.82. The molecule has 0 fully saturated rings. The Morgan fingerprint density at radius 2 is 2.24 bits per heavy atom. The maximum atomic E-state index is 10.9. The van der Waals surface area contributed by atoms with E-state index in [-0.39, 0.29) is 11.0 Å². The standard InChI is InChI=1S/C16H18N2O3/c1-11-10-13(18(19)20)7-8-14(11)21-15-6-2-4-12-5-3-9-17-16(12)15/h2,4,6,9-10,13-14H,3,5,7-8H2,1H3. The van der Waals surface area contributed by atoms with Crippen LogP contribution in [0, 0.1) is 10.1 Å². The summed E-state index contributed by atoms with van der Waals surface area (Å²) in [5.74, 6) is 0.778. The summed E-state index contributed by atoms with van der Waals surface area (Å²) < 4.78 is 6.09. The first-order chi connectivity index (χ1) is 10.1. The maximum absolute atomic E-state index is 10.9. The lowest BCUT2D eigenvalue weighted by atomic mass is 9.94. The number of nitro groups is 1. The molecule has 1 aromatic carbocycles. The van der Waals surface area contributed by atoms with E-state index in [1.54, 1.807) is 6.08 Å². The molecule has 2 unspecified atom stereocenters. The van der Waals surface area contributed by atoms with Crippen LogP contribution in [0.25, 0.3) is 0 Å². The predicted octanol–water partition coefficient (Wildman–Crippen LogP) is 3.47. The van der Waals surface area contributed by atoms with Gasteiger partial charge in [0.15, 0.2) is 0 Å². The molecule has 5 heteroatoms. The van der Waals surface area contributed by atoms with E-state index >= 15 is 0 Å². The molecule has 0 N–H and O–H groups in total. The highest BCUT2D eigenvalue weighted by Crippen LogP contribution is 2.36. The van der Waals surface area contributed by atoms with Crippen molar-refractivity contribution in [3.63, 3.8) is 0 Å². The lowest BCUT2D eigenvalue weighted by Crippen LogP contribution is -2.29. The van der Waals surface area contributed by atoms with Gasteiger partial charge >= 0.3 is 0 Å². The lowest BCUT2D eigenvalue weighted by Gasteiger charge is -2.26. The van der Waals surface area contributed by atoms with Crippen molar-refractivity contribution in [1.29, 1.82) is 0 Å². The Morgan fingerprint density at radius 1 is 1.38 bits per heavy atom. The van der Waals surface area contributed by atoms with Crippen LogP contribution in [0.2, 0.25) is 0 Å². The van der Waals surface area contributed by atoms with Gasteiger partial charge in [-0.25, -0.2) is 0 Å². The molecule has 5 nitrogen and oxygen atoms in total. The number of hydrogen-bond acceptors (Lipinski definition) is 4. The van der Waals surface area contributed by atoms with E-state index in [0.717, 1.165) is 29.9 Å². The first kappa shape index (κ1) is 13.8. The molecule has 0 bridgehead atoms. The topological polar surface area (TPSA) is 64.7 Å². The van der Waals surface area contributed by atoms with Crippen LogP contribution in [0.1, 0.15) is 31.7 Å². The van der Waals surface area contributed by atoms with Crippen molar-refractivity contribution in [3.05, 3.63) is 45.5 Å². The van der Waals surface area contributed by atoms with Crippen LogP contribution < -0.4 is 4.74 Å². The molecular weight excluding hydrogens is 268 g/mol. The van der Waals surface area contributed by atoms with Crippen LogP contribution in [0.15, 0.2) is 34.8 Å². The molecule has 0 saturated carbocycles. The van der Waals surface area contributed by atoms with Gasteiger partial charge in [-0.05, 0) is 49.5 Å². The van der Waals surface area contributed by atoms with Crippen molar-refractivity contribution in [3.8, 4) is 5.75 Å². The highest BCUT2D eigenvalue weighted by Gasteiger charge is 2.28. The van der Waals surface area contributed by atoms with Gasteiger partial charge in [0, 0.05) is 17.6 Å². The summed E-state index contributed by atoms with van der Waals surface area (Å²) in [6, 6.07) is 5.41. The van der Waals surface area contributed by atoms with E-state index in [1.165, 1.54) is 5.56 Å². The minimum Gasteiger partial charge on any atom is -0.484 e. The van der Waals surface area contributed by atoms with Gasteiger partial charge in [-0.15, -0.1) is 0 Å². The van der Waals surface area contributed by atoms with Crippen molar-refractivity contribution in [2.24, 2.45) is 4.99 Å². The number of benzene rings is 1. The summed E-state index contributed by atoms with van der Waals surface area (Å²) in [6.07, 6.45) is 6.68. The average Bonchev–Trinajstić information content (AvgIpc) is 2.49. The Kier molecular flexibility index (Phi) is 3.73. The molecule has 1 aliphatic heterocycles. The summed E-state index contributed by atoms with van der Waals surface area (Å²) in [7, 11) is 0. The molecule has 110 valence electrons. The number of rotatable bonds is 3. The second-order valence-corrected chi connectivity index (χ2v) is 5.56. The van der Waals surface area contributed by atoms with Gasteiger partial charge in [-0.2, -0.15) is 0 Å². The Morgan fingerprint density at radius 3 is 3.00 bits per heavy atom. The Balaban J connectivity index is 1.81. The van der Waals surface area contributed by atoms with E-state index < -0.39 is 6.04 Å². The molecule has 2 aliphatic rings. The van der Waals surface area contributed by atoms with Gasteiger partial charge in [-0.1, -0.05) is 12.1 Å². The van der Waals surface area contributed by atoms with E-state index in [9.17, 15) is 10.1 Å². The van der Waals surface area contributed by atoms with Crippen LogP contribution in [0.5, 0.6) is 5.75 Å². The SMILES string of the molecule is CC1=CC([N+](=O)[O-])CCC1Oc1cccc2c1N=CCC2. The van der Waals surface area contributed by atoms with E-state index in [0.29, 0.717) is 12.8 Å². The molecule has 1 heterocycles. The first-order valence-corrected chi connectivity index (χ1v) is 7.28. The Labute approximate surface area is 123 Å². The molecular formula is C16H18N2O3. The highest BCUT2D eigenvalue weighted by molar-refractivity contribution is 5.72. The monoisotopic (exact) mass is 286 g/mol. The molecule has 2 atom stereocenters.